The number of hydrogen-bond donors (Lipinski definition) is 1. The minimum absolute atomic E-state index is 0.250. The van der Waals surface area contributed by atoms with Gasteiger partial charge < -0.3 is 10.3 Å². The highest BCUT2D eigenvalue weighted by atomic mass is 19.1. The summed E-state index contributed by atoms with van der Waals surface area (Å²) in [5.74, 6) is -1.29. The van der Waals surface area contributed by atoms with Crippen LogP contribution >= 0.6 is 0 Å². The number of halogens is 3. The van der Waals surface area contributed by atoms with Crippen molar-refractivity contribution < 1.29 is 13.2 Å². The molecule has 0 radical (unpaired) electrons. The molecule has 0 spiro atoms. The molecule has 3 heterocycles. The van der Waals surface area contributed by atoms with Gasteiger partial charge in [-0.15, -0.1) is 0 Å². The molecular weight excluding hydrogens is 305 g/mol. The summed E-state index contributed by atoms with van der Waals surface area (Å²) in [5.41, 5.74) is 7.61. The van der Waals surface area contributed by atoms with Crippen LogP contribution in [0.1, 0.15) is 17.3 Å². The van der Waals surface area contributed by atoms with E-state index in [-0.39, 0.29) is 11.5 Å². The SMILES string of the molecule is NC1Cn2c(nc3cnc(F)cc32)C[C@@H]1c1cc(F)ccc1F. The van der Waals surface area contributed by atoms with Gasteiger partial charge in [0.25, 0.3) is 0 Å². The molecule has 1 aromatic carbocycles. The van der Waals surface area contributed by atoms with Crippen LogP contribution < -0.4 is 5.73 Å². The summed E-state index contributed by atoms with van der Waals surface area (Å²) in [6.45, 7) is 0.357. The van der Waals surface area contributed by atoms with Crippen LogP contribution in [0.5, 0.6) is 0 Å². The molecule has 4 rings (SSSR count). The number of fused-ring (bicyclic) bond motifs is 3. The first-order valence-electron chi connectivity index (χ1n) is 7.24. The van der Waals surface area contributed by atoms with Gasteiger partial charge in [0, 0.05) is 31.0 Å². The standard InChI is InChI=1S/C16H13F3N4/c17-8-1-2-11(18)9(3-8)10-4-16-22-13-6-21-15(19)5-14(13)23(16)7-12(10)20/h1-3,5-6,10,12H,4,7,20H2/t10-,12?/m1/s1. The van der Waals surface area contributed by atoms with Gasteiger partial charge in [0.15, 0.2) is 0 Å². The highest BCUT2D eigenvalue weighted by Gasteiger charge is 2.31. The van der Waals surface area contributed by atoms with Crippen LogP contribution in [0.2, 0.25) is 0 Å². The van der Waals surface area contributed by atoms with Crippen molar-refractivity contribution in [2.24, 2.45) is 5.73 Å². The summed E-state index contributed by atoms with van der Waals surface area (Å²) < 4.78 is 42.7. The predicted octanol–water partition coefficient (Wildman–Crippen LogP) is 2.52. The molecule has 118 valence electrons. The molecule has 2 N–H and O–H groups in total. The second-order valence-corrected chi connectivity index (χ2v) is 5.77. The van der Waals surface area contributed by atoms with E-state index >= 15 is 0 Å². The molecule has 2 aromatic heterocycles. The summed E-state index contributed by atoms with van der Waals surface area (Å²) >= 11 is 0. The normalized spacial score (nSPS) is 20.7. The van der Waals surface area contributed by atoms with Crippen LogP contribution in [-0.2, 0) is 13.0 Å². The van der Waals surface area contributed by atoms with E-state index in [1.807, 2.05) is 4.57 Å². The second-order valence-electron chi connectivity index (χ2n) is 5.77. The zero-order chi connectivity index (χ0) is 16.1. The second kappa shape index (κ2) is 5.06. The third-order valence-electron chi connectivity index (χ3n) is 4.35. The molecule has 0 amide bonds. The fourth-order valence-corrected chi connectivity index (χ4v) is 3.24. The summed E-state index contributed by atoms with van der Waals surface area (Å²) in [4.78, 5) is 8.01. The number of benzene rings is 1. The first-order valence-corrected chi connectivity index (χ1v) is 7.24. The van der Waals surface area contributed by atoms with Gasteiger partial charge in [0.1, 0.15) is 23.0 Å². The van der Waals surface area contributed by atoms with Crippen molar-refractivity contribution in [2.75, 3.05) is 0 Å². The Labute approximate surface area is 129 Å². The first-order chi connectivity index (χ1) is 11.0. The summed E-state index contributed by atoms with van der Waals surface area (Å²) in [5, 5.41) is 0. The Morgan fingerprint density at radius 1 is 1.17 bits per heavy atom. The van der Waals surface area contributed by atoms with Crippen LogP contribution in [0.3, 0.4) is 0 Å². The molecule has 0 fully saturated rings. The summed E-state index contributed by atoms with van der Waals surface area (Å²) in [6.07, 6.45) is 1.72. The van der Waals surface area contributed by atoms with Crippen molar-refractivity contribution in [3.8, 4) is 0 Å². The maximum atomic E-state index is 14.1. The summed E-state index contributed by atoms with van der Waals surface area (Å²) in [6, 6.07) is 4.25. The molecular formula is C16H13F3N4. The lowest BCUT2D eigenvalue weighted by molar-refractivity contribution is 0.395. The topological polar surface area (TPSA) is 56.7 Å². The van der Waals surface area contributed by atoms with Gasteiger partial charge >= 0.3 is 0 Å². The molecule has 0 aliphatic carbocycles. The molecule has 0 bridgehead atoms. The third kappa shape index (κ3) is 2.28. The largest absolute Gasteiger partial charge is 0.326 e. The van der Waals surface area contributed by atoms with E-state index in [4.69, 9.17) is 5.73 Å². The van der Waals surface area contributed by atoms with E-state index in [2.05, 4.69) is 9.97 Å². The molecule has 1 aliphatic heterocycles. The Morgan fingerprint density at radius 3 is 2.83 bits per heavy atom. The van der Waals surface area contributed by atoms with Gasteiger partial charge in [0.2, 0.25) is 5.95 Å². The molecule has 0 saturated heterocycles. The minimum Gasteiger partial charge on any atom is -0.326 e. The number of imidazole rings is 1. The molecule has 1 aliphatic rings. The van der Waals surface area contributed by atoms with Gasteiger partial charge in [-0.25, -0.2) is 18.7 Å². The summed E-state index contributed by atoms with van der Waals surface area (Å²) in [7, 11) is 0. The third-order valence-corrected chi connectivity index (χ3v) is 4.35. The maximum absolute atomic E-state index is 14.1. The van der Waals surface area contributed by atoms with Crippen molar-refractivity contribution in [1.29, 1.82) is 0 Å². The molecule has 0 saturated carbocycles. The van der Waals surface area contributed by atoms with Crippen LogP contribution in [0.15, 0.2) is 30.5 Å². The average Bonchev–Trinajstić information content (AvgIpc) is 2.86. The first kappa shape index (κ1) is 14.2. The monoisotopic (exact) mass is 318 g/mol. The number of aromatic nitrogens is 3. The number of rotatable bonds is 1. The predicted molar refractivity (Wildman–Crippen MR) is 78.3 cm³/mol. The van der Waals surface area contributed by atoms with Crippen molar-refractivity contribution in [3.05, 3.63) is 59.4 Å². The smallest absolute Gasteiger partial charge is 0.215 e. The van der Waals surface area contributed by atoms with Crippen molar-refractivity contribution in [1.82, 2.24) is 14.5 Å². The lowest BCUT2D eigenvalue weighted by atomic mass is 9.86. The number of nitrogens with two attached hydrogens (primary N) is 1. The highest BCUT2D eigenvalue weighted by Crippen LogP contribution is 2.32. The lowest BCUT2D eigenvalue weighted by Gasteiger charge is -2.30. The quantitative estimate of drug-likeness (QED) is 0.702. The van der Waals surface area contributed by atoms with E-state index in [1.165, 1.54) is 18.3 Å². The van der Waals surface area contributed by atoms with E-state index in [0.717, 1.165) is 12.1 Å². The Hall–Kier alpha value is -2.41. The molecule has 7 heteroatoms. The number of pyridine rings is 1. The Morgan fingerprint density at radius 2 is 2.00 bits per heavy atom. The zero-order valence-electron chi connectivity index (χ0n) is 12.0. The van der Waals surface area contributed by atoms with Crippen LogP contribution in [0.4, 0.5) is 13.2 Å². The van der Waals surface area contributed by atoms with Gasteiger partial charge in [0.05, 0.1) is 11.7 Å². The van der Waals surface area contributed by atoms with Crippen molar-refractivity contribution in [2.45, 2.75) is 24.9 Å². The fraction of sp³-hybridized carbons (Fsp3) is 0.250. The van der Waals surface area contributed by atoms with Gasteiger partial charge in [-0.3, -0.25) is 0 Å². The highest BCUT2D eigenvalue weighted by molar-refractivity contribution is 5.75. The van der Waals surface area contributed by atoms with Crippen LogP contribution in [0, 0.1) is 17.6 Å². The van der Waals surface area contributed by atoms with Gasteiger partial charge in [-0.2, -0.15) is 4.39 Å². The van der Waals surface area contributed by atoms with Gasteiger partial charge in [-0.05, 0) is 23.8 Å². The molecule has 4 nitrogen and oxygen atoms in total. The Bertz CT molecular complexity index is 906. The van der Waals surface area contributed by atoms with Crippen LogP contribution in [-0.4, -0.2) is 20.6 Å². The number of nitrogens with zero attached hydrogens (tertiary/aromatic N) is 3. The Balaban J connectivity index is 1.80. The Kier molecular flexibility index (Phi) is 3.12. The number of hydrogen-bond acceptors (Lipinski definition) is 3. The van der Waals surface area contributed by atoms with Crippen molar-refractivity contribution in [3.63, 3.8) is 0 Å². The molecule has 23 heavy (non-hydrogen) atoms. The van der Waals surface area contributed by atoms with E-state index in [1.54, 1.807) is 0 Å². The zero-order valence-corrected chi connectivity index (χ0v) is 12.0. The van der Waals surface area contributed by atoms with E-state index in [9.17, 15) is 13.2 Å². The fourth-order valence-electron chi connectivity index (χ4n) is 3.24. The van der Waals surface area contributed by atoms with E-state index in [0.29, 0.717) is 29.8 Å². The maximum Gasteiger partial charge on any atom is 0.215 e. The molecule has 1 unspecified atom stereocenters. The van der Waals surface area contributed by atoms with Gasteiger partial charge in [-0.1, -0.05) is 0 Å². The molecule has 3 aromatic rings. The van der Waals surface area contributed by atoms with E-state index < -0.39 is 23.6 Å². The average molecular weight is 318 g/mol. The van der Waals surface area contributed by atoms with Crippen LogP contribution in [0.25, 0.3) is 11.0 Å². The minimum atomic E-state index is -0.591. The molecule has 2 atom stereocenters. The van der Waals surface area contributed by atoms with Crippen molar-refractivity contribution >= 4 is 11.0 Å². The lowest BCUT2D eigenvalue weighted by Crippen LogP contribution is -2.39.